The van der Waals surface area contributed by atoms with Crippen LogP contribution < -0.4 is 18.9 Å². The molecule has 0 aliphatic heterocycles. The Morgan fingerprint density at radius 3 is 2.47 bits per heavy atom. The molecule has 3 heterocycles. The van der Waals surface area contributed by atoms with Crippen LogP contribution in [0, 0.1) is 0 Å². The molecule has 34 heavy (non-hydrogen) atoms. The summed E-state index contributed by atoms with van der Waals surface area (Å²) in [4.78, 5) is 19.0. The number of aromatic amines is 1. The molecule has 0 atom stereocenters. The van der Waals surface area contributed by atoms with Gasteiger partial charge in [0.25, 0.3) is 28.2 Å². The van der Waals surface area contributed by atoms with Crippen molar-refractivity contribution in [1.29, 1.82) is 0 Å². The van der Waals surface area contributed by atoms with E-state index in [0.29, 0.717) is 22.2 Å². The van der Waals surface area contributed by atoms with Gasteiger partial charge in [-0.3, -0.25) is 9.97 Å². The second-order valence-corrected chi connectivity index (χ2v) is 8.33. The zero-order valence-corrected chi connectivity index (χ0v) is 18.6. The van der Waals surface area contributed by atoms with Crippen LogP contribution in [0.2, 0.25) is 0 Å². The maximum atomic E-state index is 13.2. The first kappa shape index (κ1) is 23.1. The van der Waals surface area contributed by atoms with E-state index in [0.717, 1.165) is 0 Å². The lowest BCUT2D eigenvalue weighted by atomic mass is 10.1. The number of benzene rings is 1. The maximum Gasteiger partial charge on any atom is 0.272 e. The smallest absolute Gasteiger partial charge is 0.272 e. The van der Waals surface area contributed by atoms with Gasteiger partial charge < -0.3 is 19.2 Å². The summed E-state index contributed by atoms with van der Waals surface area (Å²) in [5.74, 6) is -1.25. The minimum Gasteiger partial charge on any atom is -0.478 e. The summed E-state index contributed by atoms with van der Waals surface area (Å²) in [5.41, 5.74) is 1.76. The Balaban J connectivity index is 1.71. The lowest BCUT2D eigenvalue weighted by Gasteiger charge is -2.14. The molecule has 14 heteroatoms. The van der Waals surface area contributed by atoms with Crippen molar-refractivity contribution >= 4 is 26.9 Å². The topological polar surface area (TPSA) is 141 Å². The van der Waals surface area contributed by atoms with Gasteiger partial charge in [-0.15, -0.1) is 0 Å². The molecule has 0 saturated heterocycles. The molecule has 178 valence electrons. The van der Waals surface area contributed by atoms with Gasteiger partial charge in [-0.2, -0.15) is 9.97 Å². The first-order valence-electron chi connectivity index (χ1n) is 9.64. The summed E-state index contributed by atoms with van der Waals surface area (Å²) < 4.78 is 68.8. The summed E-state index contributed by atoms with van der Waals surface area (Å²) in [6.07, 6.45) is 3.18. The quantitative estimate of drug-likeness (QED) is 0.361. The minimum absolute atomic E-state index is 0.0761. The third-order valence-corrected chi connectivity index (χ3v) is 5.94. The number of methoxy groups -OCH3 is 2. The van der Waals surface area contributed by atoms with Crippen LogP contribution in [0.4, 0.5) is 14.7 Å². The number of H-pyrrole nitrogens is 1. The van der Waals surface area contributed by atoms with Crippen LogP contribution in [-0.2, 0) is 10.0 Å². The van der Waals surface area contributed by atoms with Crippen LogP contribution in [-0.4, -0.2) is 60.6 Å². The number of anilines is 1. The highest BCUT2D eigenvalue weighted by Crippen LogP contribution is 2.36. The van der Waals surface area contributed by atoms with E-state index in [2.05, 4.69) is 29.6 Å². The number of aromatic nitrogens is 5. The molecule has 2 N–H and O–H groups in total. The first-order chi connectivity index (χ1) is 16.3. The molecule has 0 radical (unpaired) electrons. The standard InChI is InChI=1S/C20H18F2N6O5S/c1-31-18-17(33-10-15(21)22)19(32-2)27-20(26-18)28-34(29,30)14-9-25-16-11(4-3-5-12(14)16)13-8-23-6-7-24-13/h3-9,15,25H,10H2,1-2H3,(H,26,27,28). The van der Waals surface area contributed by atoms with Gasteiger partial charge in [0.15, 0.2) is 0 Å². The Morgan fingerprint density at radius 2 is 1.85 bits per heavy atom. The SMILES string of the molecule is COc1nc(NS(=O)(=O)c2c[nH]c3c(-c4cnccn4)cccc23)nc(OC)c1OCC(F)F. The van der Waals surface area contributed by atoms with Crippen LogP contribution >= 0.6 is 0 Å². The van der Waals surface area contributed by atoms with Gasteiger partial charge in [-0.25, -0.2) is 21.9 Å². The van der Waals surface area contributed by atoms with E-state index < -0.39 is 29.0 Å². The molecule has 0 aliphatic rings. The molecule has 0 saturated carbocycles. The van der Waals surface area contributed by atoms with Crippen molar-refractivity contribution < 1.29 is 31.4 Å². The predicted molar refractivity (Wildman–Crippen MR) is 117 cm³/mol. The summed E-state index contributed by atoms with van der Waals surface area (Å²) in [7, 11) is -1.78. The monoisotopic (exact) mass is 492 g/mol. The van der Waals surface area contributed by atoms with Crippen LogP contribution in [0.25, 0.3) is 22.2 Å². The lowest BCUT2D eigenvalue weighted by Crippen LogP contribution is -2.16. The zero-order valence-electron chi connectivity index (χ0n) is 17.8. The van der Waals surface area contributed by atoms with E-state index in [1.54, 1.807) is 24.4 Å². The fraction of sp³-hybridized carbons (Fsp3) is 0.200. The molecule has 0 aliphatic carbocycles. The number of hydrogen-bond donors (Lipinski definition) is 2. The summed E-state index contributed by atoms with van der Waals surface area (Å²) in [5, 5.41) is 0.395. The highest BCUT2D eigenvalue weighted by atomic mass is 32.2. The fourth-order valence-corrected chi connectivity index (χ4v) is 4.30. The molecular weight excluding hydrogens is 474 g/mol. The number of hydrogen-bond acceptors (Lipinski definition) is 9. The van der Waals surface area contributed by atoms with Crippen molar-refractivity contribution in [2.45, 2.75) is 11.3 Å². The third-order valence-electron chi connectivity index (χ3n) is 4.58. The number of sulfonamides is 1. The second kappa shape index (κ2) is 9.43. The Hall–Kier alpha value is -4.07. The average molecular weight is 492 g/mol. The van der Waals surface area contributed by atoms with Crippen LogP contribution in [0.15, 0.2) is 47.9 Å². The number of halogens is 2. The Labute approximate surface area is 192 Å². The van der Waals surface area contributed by atoms with Gasteiger partial charge in [-0.05, 0) is 0 Å². The highest BCUT2D eigenvalue weighted by Gasteiger charge is 2.25. The molecule has 11 nitrogen and oxygen atoms in total. The van der Waals surface area contributed by atoms with Crippen LogP contribution in [0.5, 0.6) is 17.5 Å². The second-order valence-electron chi connectivity index (χ2n) is 6.67. The average Bonchev–Trinajstić information content (AvgIpc) is 3.28. The van der Waals surface area contributed by atoms with Gasteiger partial charge in [0.1, 0.15) is 11.5 Å². The molecular formula is C20H18F2N6O5S. The number of nitrogens with zero attached hydrogens (tertiary/aromatic N) is 4. The lowest BCUT2D eigenvalue weighted by molar-refractivity contribution is 0.0781. The van der Waals surface area contributed by atoms with E-state index in [-0.39, 0.29) is 22.4 Å². The molecule has 0 bridgehead atoms. The van der Waals surface area contributed by atoms with Gasteiger partial charge in [0, 0.05) is 29.5 Å². The van der Waals surface area contributed by atoms with Gasteiger partial charge in [0.05, 0.1) is 31.6 Å². The summed E-state index contributed by atoms with van der Waals surface area (Å²) in [6, 6.07) is 5.10. The van der Waals surface area contributed by atoms with Gasteiger partial charge in [-0.1, -0.05) is 18.2 Å². The molecule has 0 spiro atoms. The van der Waals surface area contributed by atoms with Crippen LogP contribution in [0.3, 0.4) is 0 Å². The van der Waals surface area contributed by atoms with E-state index in [4.69, 9.17) is 14.2 Å². The molecule has 3 aromatic heterocycles. The number of para-hydroxylation sites is 1. The third kappa shape index (κ3) is 4.52. The molecule has 4 aromatic rings. The Kier molecular flexibility index (Phi) is 6.40. The largest absolute Gasteiger partial charge is 0.478 e. The molecule has 0 fully saturated rings. The summed E-state index contributed by atoms with van der Waals surface area (Å²) in [6.45, 7) is -0.954. The van der Waals surface area contributed by atoms with E-state index in [1.165, 1.54) is 32.8 Å². The van der Waals surface area contributed by atoms with Crippen molar-refractivity contribution in [2.75, 3.05) is 25.5 Å². The minimum atomic E-state index is -4.20. The van der Waals surface area contributed by atoms with Gasteiger partial charge >= 0.3 is 0 Å². The van der Waals surface area contributed by atoms with Crippen molar-refractivity contribution in [3.63, 3.8) is 0 Å². The Morgan fingerprint density at radius 1 is 1.12 bits per heavy atom. The number of rotatable bonds is 9. The first-order valence-corrected chi connectivity index (χ1v) is 11.1. The summed E-state index contributed by atoms with van der Waals surface area (Å²) >= 11 is 0. The normalized spacial score (nSPS) is 11.6. The molecule has 4 rings (SSSR count). The number of ether oxygens (including phenoxy) is 3. The van der Waals surface area contributed by atoms with Crippen molar-refractivity contribution in [3.05, 3.63) is 43.0 Å². The molecule has 0 amide bonds. The molecule has 1 aromatic carbocycles. The molecule has 0 unspecified atom stereocenters. The van der Waals surface area contributed by atoms with Crippen molar-refractivity contribution in [2.24, 2.45) is 0 Å². The van der Waals surface area contributed by atoms with E-state index in [9.17, 15) is 17.2 Å². The van der Waals surface area contributed by atoms with Crippen molar-refractivity contribution in [3.8, 4) is 28.8 Å². The highest BCUT2D eigenvalue weighted by molar-refractivity contribution is 7.93. The Bertz CT molecular complexity index is 1390. The van der Waals surface area contributed by atoms with E-state index >= 15 is 0 Å². The predicted octanol–water partition coefficient (Wildman–Crippen LogP) is 2.88. The number of alkyl halides is 2. The van der Waals surface area contributed by atoms with Gasteiger partial charge in [0.2, 0.25) is 11.7 Å². The number of fused-ring (bicyclic) bond motifs is 1. The van der Waals surface area contributed by atoms with Crippen LogP contribution in [0.1, 0.15) is 0 Å². The van der Waals surface area contributed by atoms with Crippen molar-refractivity contribution in [1.82, 2.24) is 24.9 Å². The maximum absolute atomic E-state index is 13.2. The zero-order chi connectivity index (χ0) is 24.3. The number of nitrogens with one attached hydrogen (secondary N) is 2. The fourth-order valence-electron chi connectivity index (χ4n) is 3.18. The van der Waals surface area contributed by atoms with E-state index in [1.807, 2.05) is 0 Å².